The van der Waals surface area contributed by atoms with Gasteiger partial charge in [-0.2, -0.15) is 0 Å². The van der Waals surface area contributed by atoms with Crippen LogP contribution in [0, 0.1) is 11.6 Å². The fourth-order valence-corrected chi connectivity index (χ4v) is 2.27. The summed E-state index contributed by atoms with van der Waals surface area (Å²) < 4.78 is 26.5. The largest absolute Gasteiger partial charge is 0.324 e. The van der Waals surface area contributed by atoms with Crippen molar-refractivity contribution in [3.05, 3.63) is 71.3 Å². The normalized spacial score (nSPS) is 12.6. The molecular weight excluding hydrogens is 270 g/mol. The Morgan fingerprint density at radius 3 is 2.38 bits per heavy atom. The molecule has 0 saturated carbocycles. The molecular formula is C17H20F2N2. The number of halogens is 2. The quantitative estimate of drug-likeness (QED) is 0.882. The fourth-order valence-electron chi connectivity index (χ4n) is 2.27. The number of nitrogens with two attached hydrogens (primary N) is 1. The lowest BCUT2D eigenvalue weighted by atomic mass is 10.0. The van der Waals surface area contributed by atoms with Gasteiger partial charge in [0, 0.05) is 18.2 Å². The van der Waals surface area contributed by atoms with Gasteiger partial charge >= 0.3 is 0 Å². The standard InChI is InChI=1S/C17H20F2N2/c1-21(12-13-6-8-14(18)9-7-13)11-10-17(20)15-4-2-3-5-16(15)19/h2-9,17H,10-12,20H2,1H3. The maximum absolute atomic E-state index is 13.6. The number of nitrogens with zero attached hydrogens (tertiary/aromatic N) is 1. The first kappa shape index (κ1) is 15.6. The Morgan fingerprint density at radius 2 is 1.71 bits per heavy atom. The SMILES string of the molecule is CN(CCC(N)c1ccccc1F)Cc1ccc(F)cc1. The van der Waals surface area contributed by atoms with Crippen LogP contribution in [0.2, 0.25) is 0 Å². The maximum Gasteiger partial charge on any atom is 0.127 e. The molecule has 2 N–H and O–H groups in total. The molecule has 0 aromatic heterocycles. The van der Waals surface area contributed by atoms with E-state index in [1.54, 1.807) is 30.3 Å². The van der Waals surface area contributed by atoms with Crippen molar-refractivity contribution >= 4 is 0 Å². The molecule has 2 aromatic carbocycles. The number of benzene rings is 2. The van der Waals surface area contributed by atoms with Gasteiger partial charge in [-0.3, -0.25) is 0 Å². The van der Waals surface area contributed by atoms with E-state index in [2.05, 4.69) is 4.90 Å². The highest BCUT2D eigenvalue weighted by molar-refractivity contribution is 5.20. The molecule has 4 heteroatoms. The summed E-state index contributed by atoms with van der Waals surface area (Å²) in [5.41, 5.74) is 7.63. The van der Waals surface area contributed by atoms with Crippen molar-refractivity contribution in [3.63, 3.8) is 0 Å². The Bertz CT molecular complexity index is 569. The molecule has 0 aliphatic carbocycles. The van der Waals surface area contributed by atoms with Crippen molar-refractivity contribution in [1.29, 1.82) is 0 Å². The molecule has 0 aliphatic rings. The van der Waals surface area contributed by atoms with Gasteiger partial charge in [0.15, 0.2) is 0 Å². The molecule has 0 amide bonds. The second-order valence-corrected chi connectivity index (χ2v) is 5.28. The predicted molar refractivity (Wildman–Crippen MR) is 80.7 cm³/mol. The van der Waals surface area contributed by atoms with E-state index in [1.165, 1.54) is 18.2 Å². The summed E-state index contributed by atoms with van der Waals surface area (Å²) in [5.74, 6) is -0.492. The molecule has 112 valence electrons. The van der Waals surface area contributed by atoms with Crippen molar-refractivity contribution in [2.45, 2.75) is 19.0 Å². The molecule has 0 bridgehead atoms. The third-order valence-electron chi connectivity index (χ3n) is 3.49. The molecule has 0 radical (unpaired) electrons. The van der Waals surface area contributed by atoms with Crippen LogP contribution in [0.1, 0.15) is 23.6 Å². The van der Waals surface area contributed by atoms with Gasteiger partial charge in [0.25, 0.3) is 0 Å². The lowest BCUT2D eigenvalue weighted by Gasteiger charge is -2.20. The van der Waals surface area contributed by atoms with E-state index >= 15 is 0 Å². The fraction of sp³-hybridized carbons (Fsp3) is 0.294. The number of hydrogen-bond acceptors (Lipinski definition) is 2. The van der Waals surface area contributed by atoms with Gasteiger partial charge in [0.2, 0.25) is 0 Å². The average Bonchev–Trinajstić information content (AvgIpc) is 2.48. The van der Waals surface area contributed by atoms with Crippen LogP contribution in [0.5, 0.6) is 0 Å². The van der Waals surface area contributed by atoms with Gasteiger partial charge in [-0.1, -0.05) is 30.3 Å². The van der Waals surface area contributed by atoms with Crippen LogP contribution in [0.15, 0.2) is 48.5 Å². The lowest BCUT2D eigenvalue weighted by Crippen LogP contribution is -2.23. The van der Waals surface area contributed by atoms with Crippen molar-refractivity contribution < 1.29 is 8.78 Å². The molecule has 0 spiro atoms. The third-order valence-corrected chi connectivity index (χ3v) is 3.49. The molecule has 1 atom stereocenters. The summed E-state index contributed by atoms with van der Waals surface area (Å²) in [6.45, 7) is 1.46. The summed E-state index contributed by atoms with van der Waals surface area (Å²) in [6.07, 6.45) is 0.665. The van der Waals surface area contributed by atoms with Gasteiger partial charge in [-0.05, 0) is 43.8 Å². The zero-order valence-electron chi connectivity index (χ0n) is 12.1. The molecule has 2 nitrogen and oxygen atoms in total. The highest BCUT2D eigenvalue weighted by atomic mass is 19.1. The van der Waals surface area contributed by atoms with Crippen LogP contribution in [0.3, 0.4) is 0 Å². The van der Waals surface area contributed by atoms with Crippen LogP contribution >= 0.6 is 0 Å². The van der Waals surface area contributed by atoms with Crippen molar-refractivity contribution in [2.75, 3.05) is 13.6 Å². The Hall–Kier alpha value is -1.78. The summed E-state index contributed by atoms with van der Waals surface area (Å²) in [6, 6.07) is 12.7. The second kappa shape index (κ2) is 7.29. The third kappa shape index (κ3) is 4.62. The minimum Gasteiger partial charge on any atom is -0.324 e. The molecule has 2 rings (SSSR count). The molecule has 2 aromatic rings. The molecule has 21 heavy (non-hydrogen) atoms. The maximum atomic E-state index is 13.6. The van der Waals surface area contributed by atoms with E-state index in [4.69, 9.17) is 5.73 Å². The van der Waals surface area contributed by atoms with Crippen molar-refractivity contribution in [2.24, 2.45) is 5.73 Å². The summed E-state index contributed by atoms with van der Waals surface area (Å²) >= 11 is 0. The zero-order valence-corrected chi connectivity index (χ0v) is 12.1. The summed E-state index contributed by atoms with van der Waals surface area (Å²) in [7, 11) is 1.97. The Kier molecular flexibility index (Phi) is 5.42. The number of rotatable bonds is 6. The topological polar surface area (TPSA) is 29.3 Å². The molecule has 1 unspecified atom stereocenters. The smallest absolute Gasteiger partial charge is 0.127 e. The first-order chi connectivity index (χ1) is 10.1. The van der Waals surface area contributed by atoms with E-state index in [0.717, 1.165) is 12.1 Å². The second-order valence-electron chi connectivity index (χ2n) is 5.28. The van der Waals surface area contributed by atoms with Crippen LogP contribution < -0.4 is 5.73 Å². The van der Waals surface area contributed by atoms with Gasteiger partial charge in [0.05, 0.1) is 0 Å². The molecule has 0 saturated heterocycles. The Morgan fingerprint density at radius 1 is 1.05 bits per heavy atom. The van der Waals surface area contributed by atoms with Crippen LogP contribution in [-0.4, -0.2) is 18.5 Å². The van der Waals surface area contributed by atoms with Gasteiger partial charge < -0.3 is 10.6 Å². The van der Waals surface area contributed by atoms with E-state index in [0.29, 0.717) is 18.5 Å². The summed E-state index contributed by atoms with van der Waals surface area (Å²) in [5, 5.41) is 0. The monoisotopic (exact) mass is 290 g/mol. The first-order valence-corrected chi connectivity index (χ1v) is 6.99. The van der Waals surface area contributed by atoms with Crippen LogP contribution in [0.25, 0.3) is 0 Å². The highest BCUT2D eigenvalue weighted by Gasteiger charge is 2.11. The van der Waals surface area contributed by atoms with Gasteiger partial charge in [0.1, 0.15) is 11.6 Å². The van der Waals surface area contributed by atoms with Crippen LogP contribution in [0.4, 0.5) is 8.78 Å². The number of hydrogen-bond donors (Lipinski definition) is 1. The van der Waals surface area contributed by atoms with E-state index in [1.807, 2.05) is 7.05 Å². The zero-order chi connectivity index (χ0) is 15.2. The minimum atomic E-state index is -0.318. The highest BCUT2D eigenvalue weighted by Crippen LogP contribution is 2.18. The van der Waals surface area contributed by atoms with Gasteiger partial charge in [-0.25, -0.2) is 8.78 Å². The molecule has 0 aliphatic heterocycles. The van der Waals surface area contributed by atoms with Gasteiger partial charge in [-0.15, -0.1) is 0 Å². The summed E-state index contributed by atoms with van der Waals surface area (Å²) in [4.78, 5) is 2.09. The van der Waals surface area contributed by atoms with E-state index in [-0.39, 0.29) is 17.7 Å². The minimum absolute atomic E-state index is 0.233. The lowest BCUT2D eigenvalue weighted by molar-refractivity contribution is 0.310. The molecule has 0 heterocycles. The van der Waals surface area contributed by atoms with Crippen LogP contribution in [-0.2, 0) is 6.54 Å². The van der Waals surface area contributed by atoms with E-state index < -0.39 is 0 Å². The Balaban J connectivity index is 1.85. The van der Waals surface area contributed by atoms with Crippen molar-refractivity contribution in [1.82, 2.24) is 4.90 Å². The average molecular weight is 290 g/mol. The first-order valence-electron chi connectivity index (χ1n) is 6.99. The predicted octanol–water partition coefficient (Wildman–Crippen LogP) is 3.49. The van der Waals surface area contributed by atoms with Crippen molar-refractivity contribution in [3.8, 4) is 0 Å². The molecule has 0 fully saturated rings. The Labute approximate surface area is 124 Å². The van der Waals surface area contributed by atoms with E-state index in [9.17, 15) is 8.78 Å².